The molecule has 1 aromatic heterocycles. The lowest BCUT2D eigenvalue weighted by Crippen LogP contribution is -2.33. The highest BCUT2D eigenvalue weighted by atomic mass is 35.5. The van der Waals surface area contributed by atoms with Crippen molar-refractivity contribution < 1.29 is 14.6 Å². The van der Waals surface area contributed by atoms with Crippen molar-refractivity contribution in [1.29, 1.82) is 0 Å². The number of phenolic OH excluding ortho intramolecular Hbond substituents is 1. The molecule has 0 aliphatic heterocycles. The number of hydrogen-bond acceptors (Lipinski definition) is 4. The van der Waals surface area contributed by atoms with Crippen molar-refractivity contribution in [1.82, 2.24) is 10.3 Å². The van der Waals surface area contributed by atoms with E-state index >= 15 is 0 Å². The maximum atomic E-state index is 13.0. The molecule has 6 heteroatoms. The standard InChI is InChI=1S/C30H23ClN2O3/c31-26-18-25(30(35)29-24(26)12-7-17-32-29)28(33-27(34)19-36-23-10-5-2-6-11-23)22-15-13-21(14-16-22)20-8-3-1-4-9-20/h1-18,28,35H,19H2,(H,33,34). The van der Waals surface area contributed by atoms with Gasteiger partial charge in [0, 0.05) is 17.1 Å². The molecule has 1 heterocycles. The van der Waals surface area contributed by atoms with Crippen LogP contribution >= 0.6 is 11.6 Å². The van der Waals surface area contributed by atoms with Gasteiger partial charge < -0.3 is 15.2 Å². The lowest BCUT2D eigenvalue weighted by Gasteiger charge is -2.22. The molecule has 178 valence electrons. The molecule has 5 aromatic rings. The number of carbonyl (C=O) groups is 1. The van der Waals surface area contributed by atoms with Crippen molar-refractivity contribution in [2.24, 2.45) is 0 Å². The number of ether oxygens (including phenoxy) is 1. The van der Waals surface area contributed by atoms with E-state index in [2.05, 4.69) is 10.3 Å². The van der Waals surface area contributed by atoms with Crippen molar-refractivity contribution in [3.8, 4) is 22.6 Å². The second-order valence-electron chi connectivity index (χ2n) is 8.29. The number of amides is 1. The first-order chi connectivity index (χ1) is 17.6. The van der Waals surface area contributed by atoms with Gasteiger partial charge in [0.2, 0.25) is 0 Å². The lowest BCUT2D eigenvalue weighted by molar-refractivity contribution is -0.123. The van der Waals surface area contributed by atoms with Gasteiger partial charge in [-0.1, -0.05) is 84.4 Å². The number of halogens is 1. The summed E-state index contributed by atoms with van der Waals surface area (Å²) in [6.07, 6.45) is 1.60. The van der Waals surface area contributed by atoms with Gasteiger partial charge in [-0.05, 0) is 47.0 Å². The van der Waals surface area contributed by atoms with Gasteiger partial charge in [-0.3, -0.25) is 9.78 Å². The van der Waals surface area contributed by atoms with Crippen molar-refractivity contribution in [2.45, 2.75) is 6.04 Å². The molecule has 1 amide bonds. The second-order valence-corrected chi connectivity index (χ2v) is 8.69. The van der Waals surface area contributed by atoms with E-state index in [4.69, 9.17) is 16.3 Å². The Kier molecular flexibility index (Phi) is 6.83. The second kappa shape index (κ2) is 10.5. The fourth-order valence-electron chi connectivity index (χ4n) is 4.13. The van der Waals surface area contributed by atoms with E-state index < -0.39 is 6.04 Å². The summed E-state index contributed by atoms with van der Waals surface area (Å²) < 4.78 is 5.63. The highest BCUT2D eigenvalue weighted by Crippen LogP contribution is 2.38. The average molecular weight is 495 g/mol. The molecule has 0 radical (unpaired) electrons. The topological polar surface area (TPSA) is 71.5 Å². The number of para-hydroxylation sites is 1. The van der Waals surface area contributed by atoms with Crippen molar-refractivity contribution in [3.05, 3.63) is 125 Å². The molecular weight excluding hydrogens is 472 g/mol. The Bertz CT molecular complexity index is 1490. The maximum Gasteiger partial charge on any atom is 0.258 e. The Morgan fingerprint density at radius 1 is 0.889 bits per heavy atom. The van der Waals surface area contributed by atoms with Crippen LogP contribution in [0.2, 0.25) is 5.02 Å². The number of phenols is 1. The van der Waals surface area contributed by atoms with E-state index in [1.165, 1.54) is 0 Å². The number of nitrogens with zero attached hydrogens (tertiary/aromatic N) is 1. The van der Waals surface area contributed by atoms with Crippen LogP contribution in [0, 0.1) is 0 Å². The molecular formula is C30H23ClN2O3. The number of nitrogens with one attached hydrogen (secondary N) is 1. The highest BCUT2D eigenvalue weighted by Gasteiger charge is 2.23. The molecule has 4 aromatic carbocycles. The zero-order valence-corrected chi connectivity index (χ0v) is 20.0. The van der Waals surface area contributed by atoms with Crippen LogP contribution in [0.15, 0.2) is 109 Å². The number of benzene rings is 4. The maximum absolute atomic E-state index is 13.0. The fraction of sp³-hybridized carbons (Fsp3) is 0.0667. The summed E-state index contributed by atoms with van der Waals surface area (Å²) in [5, 5.41) is 15.2. The van der Waals surface area contributed by atoms with Crippen LogP contribution in [0.1, 0.15) is 17.2 Å². The van der Waals surface area contributed by atoms with Gasteiger partial charge in [0.1, 0.15) is 17.0 Å². The summed E-state index contributed by atoms with van der Waals surface area (Å²) in [5.41, 5.74) is 3.73. The van der Waals surface area contributed by atoms with E-state index in [0.717, 1.165) is 16.7 Å². The van der Waals surface area contributed by atoms with Crippen LogP contribution in [0.3, 0.4) is 0 Å². The van der Waals surface area contributed by atoms with Gasteiger partial charge >= 0.3 is 0 Å². The summed E-state index contributed by atoms with van der Waals surface area (Å²) in [7, 11) is 0. The van der Waals surface area contributed by atoms with Crippen LogP contribution in [0.4, 0.5) is 0 Å². The summed E-state index contributed by atoms with van der Waals surface area (Å²) >= 11 is 6.56. The molecule has 0 aliphatic rings. The molecule has 0 bridgehead atoms. The highest BCUT2D eigenvalue weighted by molar-refractivity contribution is 6.35. The van der Waals surface area contributed by atoms with E-state index in [1.54, 1.807) is 36.5 Å². The fourth-order valence-corrected chi connectivity index (χ4v) is 4.40. The third-order valence-electron chi connectivity index (χ3n) is 5.93. The number of rotatable bonds is 7. The minimum absolute atomic E-state index is 0.0311. The van der Waals surface area contributed by atoms with Crippen LogP contribution in [-0.4, -0.2) is 22.6 Å². The molecule has 0 saturated carbocycles. The van der Waals surface area contributed by atoms with Crippen molar-refractivity contribution in [2.75, 3.05) is 6.61 Å². The number of fused-ring (bicyclic) bond motifs is 1. The summed E-state index contributed by atoms with van der Waals surface area (Å²) in [6, 6.07) is 31.5. The van der Waals surface area contributed by atoms with E-state index in [0.29, 0.717) is 27.2 Å². The quantitative estimate of drug-likeness (QED) is 0.269. The van der Waals surface area contributed by atoms with Crippen LogP contribution < -0.4 is 10.1 Å². The largest absolute Gasteiger partial charge is 0.505 e. The summed E-state index contributed by atoms with van der Waals surface area (Å²) in [6.45, 7) is -0.178. The van der Waals surface area contributed by atoms with Crippen molar-refractivity contribution in [3.63, 3.8) is 0 Å². The summed E-state index contributed by atoms with van der Waals surface area (Å²) in [4.78, 5) is 17.3. The van der Waals surface area contributed by atoms with Gasteiger partial charge in [-0.25, -0.2) is 0 Å². The molecule has 0 aliphatic carbocycles. The predicted molar refractivity (Wildman–Crippen MR) is 142 cm³/mol. The number of pyridine rings is 1. The molecule has 1 unspecified atom stereocenters. The zero-order valence-electron chi connectivity index (χ0n) is 19.3. The van der Waals surface area contributed by atoms with Crippen LogP contribution in [0.5, 0.6) is 11.5 Å². The number of hydrogen-bond donors (Lipinski definition) is 2. The smallest absolute Gasteiger partial charge is 0.258 e. The lowest BCUT2D eigenvalue weighted by atomic mass is 9.94. The van der Waals surface area contributed by atoms with E-state index in [1.807, 2.05) is 72.8 Å². The third kappa shape index (κ3) is 5.02. The molecule has 36 heavy (non-hydrogen) atoms. The molecule has 5 nitrogen and oxygen atoms in total. The van der Waals surface area contributed by atoms with Gasteiger partial charge in [-0.15, -0.1) is 0 Å². The minimum atomic E-state index is -0.675. The Morgan fingerprint density at radius 2 is 1.56 bits per heavy atom. The Balaban J connectivity index is 1.50. The van der Waals surface area contributed by atoms with Gasteiger partial charge in [0.25, 0.3) is 5.91 Å². The van der Waals surface area contributed by atoms with Gasteiger partial charge in [-0.2, -0.15) is 0 Å². The molecule has 0 saturated heterocycles. The first-order valence-electron chi connectivity index (χ1n) is 11.5. The first-order valence-corrected chi connectivity index (χ1v) is 11.9. The zero-order chi connectivity index (χ0) is 24.9. The Hall–Kier alpha value is -4.35. The average Bonchev–Trinajstić information content (AvgIpc) is 2.94. The normalized spacial score (nSPS) is 11.7. The first kappa shape index (κ1) is 23.4. The predicted octanol–water partition coefficient (Wildman–Crippen LogP) is 6.55. The molecule has 0 fully saturated rings. The number of aromatic hydroxyl groups is 1. The van der Waals surface area contributed by atoms with Crippen molar-refractivity contribution >= 4 is 28.4 Å². The monoisotopic (exact) mass is 494 g/mol. The summed E-state index contributed by atoms with van der Waals surface area (Å²) in [5.74, 6) is 0.223. The SMILES string of the molecule is O=C(COc1ccccc1)NC(c1ccc(-c2ccccc2)cc1)c1cc(Cl)c2cccnc2c1O. The number of carbonyl (C=O) groups excluding carboxylic acids is 1. The molecule has 5 rings (SSSR count). The Labute approximate surface area is 214 Å². The van der Waals surface area contributed by atoms with E-state index in [9.17, 15) is 9.90 Å². The van der Waals surface area contributed by atoms with E-state index in [-0.39, 0.29) is 18.3 Å². The molecule has 2 N–H and O–H groups in total. The minimum Gasteiger partial charge on any atom is -0.505 e. The number of aromatic nitrogens is 1. The van der Waals surface area contributed by atoms with Crippen LogP contribution in [0.25, 0.3) is 22.0 Å². The molecule has 0 spiro atoms. The Morgan fingerprint density at radius 3 is 2.28 bits per heavy atom. The molecule has 1 atom stereocenters. The third-order valence-corrected chi connectivity index (χ3v) is 6.24. The van der Waals surface area contributed by atoms with Crippen LogP contribution in [-0.2, 0) is 4.79 Å². The van der Waals surface area contributed by atoms with Gasteiger partial charge in [0.15, 0.2) is 6.61 Å². The van der Waals surface area contributed by atoms with Gasteiger partial charge in [0.05, 0.1) is 11.1 Å².